The lowest BCUT2D eigenvalue weighted by Crippen LogP contribution is -2.49. The number of piperazine rings is 1. The fourth-order valence-electron chi connectivity index (χ4n) is 3.28. The van der Waals surface area contributed by atoms with Crippen molar-refractivity contribution in [2.24, 2.45) is 0 Å². The van der Waals surface area contributed by atoms with Gasteiger partial charge in [0.05, 0.1) is 0 Å². The molecule has 5 nitrogen and oxygen atoms in total. The van der Waals surface area contributed by atoms with Crippen LogP contribution in [0.5, 0.6) is 0 Å². The first-order valence-corrected chi connectivity index (χ1v) is 8.44. The maximum atomic E-state index is 12.8. The van der Waals surface area contributed by atoms with Gasteiger partial charge in [0.2, 0.25) is 0 Å². The van der Waals surface area contributed by atoms with E-state index in [1.807, 2.05) is 42.5 Å². The molecule has 1 fully saturated rings. The molecule has 5 heteroatoms. The van der Waals surface area contributed by atoms with Gasteiger partial charge in [-0.05, 0) is 29.7 Å². The molecule has 1 aliphatic rings. The van der Waals surface area contributed by atoms with Crippen molar-refractivity contribution in [1.82, 2.24) is 9.88 Å². The Bertz CT molecular complexity index is 957. The van der Waals surface area contributed by atoms with Gasteiger partial charge in [0, 0.05) is 37.4 Å². The lowest BCUT2D eigenvalue weighted by Gasteiger charge is -2.36. The van der Waals surface area contributed by atoms with Crippen molar-refractivity contribution in [2.45, 2.75) is 0 Å². The van der Waals surface area contributed by atoms with Crippen molar-refractivity contribution >= 4 is 22.5 Å². The standard InChI is InChI=1S/C20H19N3O2/c24-19-17(14-15-6-4-5-9-18(15)21-19)20(25)23-12-10-22(11-13-23)16-7-2-1-3-8-16/h1-9,14H,10-13H2,(H,21,24). The monoisotopic (exact) mass is 333 g/mol. The largest absolute Gasteiger partial charge is 0.368 e. The van der Waals surface area contributed by atoms with E-state index in [0.717, 1.165) is 29.7 Å². The zero-order valence-electron chi connectivity index (χ0n) is 13.8. The first kappa shape index (κ1) is 15.4. The number of aromatic nitrogens is 1. The average molecular weight is 333 g/mol. The van der Waals surface area contributed by atoms with Gasteiger partial charge in [0.25, 0.3) is 11.5 Å². The molecule has 1 amide bonds. The second-order valence-corrected chi connectivity index (χ2v) is 6.21. The molecule has 0 aliphatic carbocycles. The summed E-state index contributed by atoms with van der Waals surface area (Å²) in [5.74, 6) is -0.195. The van der Waals surface area contributed by atoms with Crippen LogP contribution in [0.4, 0.5) is 5.69 Å². The van der Waals surface area contributed by atoms with Gasteiger partial charge in [0.1, 0.15) is 5.56 Å². The number of hydrogen-bond acceptors (Lipinski definition) is 3. The van der Waals surface area contributed by atoms with E-state index in [4.69, 9.17) is 0 Å². The van der Waals surface area contributed by atoms with Crippen LogP contribution in [-0.4, -0.2) is 42.0 Å². The minimum Gasteiger partial charge on any atom is -0.368 e. The molecule has 1 saturated heterocycles. The highest BCUT2D eigenvalue weighted by Crippen LogP contribution is 2.17. The molecule has 2 heterocycles. The van der Waals surface area contributed by atoms with Gasteiger partial charge in [-0.25, -0.2) is 0 Å². The van der Waals surface area contributed by atoms with Crippen LogP contribution >= 0.6 is 0 Å². The number of hydrogen-bond donors (Lipinski definition) is 1. The highest BCUT2D eigenvalue weighted by atomic mass is 16.2. The number of rotatable bonds is 2. The van der Waals surface area contributed by atoms with E-state index in [0.29, 0.717) is 13.1 Å². The Kier molecular flexibility index (Phi) is 3.98. The Morgan fingerprint density at radius 2 is 1.56 bits per heavy atom. The highest BCUT2D eigenvalue weighted by Gasteiger charge is 2.24. The van der Waals surface area contributed by atoms with Crippen LogP contribution in [0.15, 0.2) is 65.5 Å². The number of carbonyl (C=O) groups is 1. The Morgan fingerprint density at radius 1 is 0.880 bits per heavy atom. The second kappa shape index (κ2) is 6.43. The number of H-pyrrole nitrogens is 1. The quantitative estimate of drug-likeness (QED) is 0.784. The van der Waals surface area contributed by atoms with Crippen molar-refractivity contribution in [1.29, 1.82) is 0 Å². The smallest absolute Gasteiger partial charge is 0.261 e. The van der Waals surface area contributed by atoms with E-state index in [-0.39, 0.29) is 17.0 Å². The molecule has 4 rings (SSSR count). The average Bonchev–Trinajstić information content (AvgIpc) is 2.68. The molecule has 0 radical (unpaired) electrons. The van der Waals surface area contributed by atoms with Crippen LogP contribution in [0.3, 0.4) is 0 Å². The normalized spacial score (nSPS) is 14.7. The molecule has 1 N–H and O–H groups in total. The highest BCUT2D eigenvalue weighted by molar-refractivity contribution is 5.97. The lowest BCUT2D eigenvalue weighted by atomic mass is 10.1. The molecule has 0 spiro atoms. The number of anilines is 1. The summed E-state index contributed by atoms with van der Waals surface area (Å²) < 4.78 is 0. The third-order valence-corrected chi connectivity index (χ3v) is 4.67. The Balaban J connectivity index is 1.53. The van der Waals surface area contributed by atoms with Gasteiger partial charge in [-0.1, -0.05) is 36.4 Å². The number of carbonyl (C=O) groups excluding carboxylic acids is 1. The van der Waals surface area contributed by atoms with Crippen LogP contribution in [0.25, 0.3) is 10.9 Å². The van der Waals surface area contributed by atoms with Crippen molar-refractivity contribution < 1.29 is 4.79 Å². The van der Waals surface area contributed by atoms with E-state index in [9.17, 15) is 9.59 Å². The summed E-state index contributed by atoms with van der Waals surface area (Å²) >= 11 is 0. The third kappa shape index (κ3) is 3.01. The zero-order chi connectivity index (χ0) is 17.2. The number of nitrogens with zero attached hydrogens (tertiary/aromatic N) is 2. The predicted octanol–water partition coefficient (Wildman–Crippen LogP) is 2.49. The van der Waals surface area contributed by atoms with Crippen molar-refractivity contribution in [3.63, 3.8) is 0 Å². The summed E-state index contributed by atoms with van der Waals surface area (Å²) in [5, 5.41) is 0.869. The summed E-state index contributed by atoms with van der Waals surface area (Å²) in [7, 11) is 0. The SMILES string of the molecule is O=C(c1cc2ccccc2[nH]c1=O)N1CCN(c2ccccc2)CC1. The Morgan fingerprint density at radius 3 is 2.32 bits per heavy atom. The third-order valence-electron chi connectivity index (χ3n) is 4.67. The first-order chi connectivity index (χ1) is 12.2. The van der Waals surface area contributed by atoms with Gasteiger partial charge in [-0.15, -0.1) is 0 Å². The van der Waals surface area contributed by atoms with Gasteiger partial charge in [-0.3, -0.25) is 9.59 Å². The topological polar surface area (TPSA) is 56.4 Å². The van der Waals surface area contributed by atoms with Gasteiger partial charge < -0.3 is 14.8 Å². The molecule has 2 aromatic carbocycles. The molecule has 1 aliphatic heterocycles. The molecular formula is C20H19N3O2. The van der Waals surface area contributed by atoms with Crippen LogP contribution in [-0.2, 0) is 0 Å². The molecule has 3 aromatic rings. The molecular weight excluding hydrogens is 314 g/mol. The van der Waals surface area contributed by atoms with Crippen LogP contribution in [0.2, 0.25) is 0 Å². The molecule has 0 atom stereocenters. The molecule has 126 valence electrons. The van der Waals surface area contributed by atoms with Crippen LogP contribution < -0.4 is 10.5 Å². The summed E-state index contributed by atoms with van der Waals surface area (Å²) in [6.45, 7) is 2.75. The van der Waals surface area contributed by atoms with E-state index in [1.54, 1.807) is 11.0 Å². The second-order valence-electron chi connectivity index (χ2n) is 6.21. The minimum absolute atomic E-state index is 0.195. The number of nitrogens with one attached hydrogen (secondary N) is 1. The van der Waals surface area contributed by atoms with Crippen LogP contribution in [0, 0.1) is 0 Å². The molecule has 0 bridgehead atoms. The first-order valence-electron chi connectivity index (χ1n) is 8.44. The Labute approximate surface area is 145 Å². The number of amides is 1. The van der Waals surface area contributed by atoms with Crippen molar-refractivity contribution in [3.05, 3.63) is 76.6 Å². The molecule has 1 aromatic heterocycles. The van der Waals surface area contributed by atoms with E-state index < -0.39 is 0 Å². The maximum Gasteiger partial charge on any atom is 0.261 e. The van der Waals surface area contributed by atoms with Gasteiger partial charge >= 0.3 is 0 Å². The fraction of sp³-hybridized carbons (Fsp3) is 0.200. The summed E-state index contributed by atoms with van der Waals surface area (Å²) in [5.41, 5.74) is 1.80. The number of para-hydroxylation sites is 2. The van der Waals surface area contributed by atoms with E-state index in [2.05, 4.69) is 22.0 Å². The molecule has 25 heavy (non-hydrogen) atoms. The predicted molar refractivity (Wildman–Crippen MR) is 99.1 cm³/mol. The molecule has 0 unspecified atom stereocenters. The van der Waals surface area contributed by atoms with E-state index in [1.165, 1.54) is 0 Å². The van der Waals surface area contributed by atoms with Crippen molar-refractivity contribution in [3.8, 4) is 0 Å². The summed E-state index contributed by atoms with van der Waals surface area (Å²) in [4.78, 5) is 31.9. The minimum atomic E-state index is -0.325. The lowest BCUT2D eigenvalue weighted by molar-refractivity contribution is 0.0745. The fourth-order valence-corrected chi connectivity index (χ4v) is 3.28. The summed E-state index contributed by atoms with van der Waals surface area (Å²) in [6.07, 6.45) is 0. The van der Waals surface area contributed by atoms with Crippen LogP contribution in [0.1, 0.15) is 10.4 Å². The Hall–Kier alpha value is -3.08. The summed E-state index contributed by atoms with van der Waals surface area (Å²) in [6, 6.07) is 19.4. The molecule has 0 saturated carbocycles. The number of pyridine rings is 1. The number of aromatic amines is 1. The zero-order valence-corrected chi connectivity index (χ0v) is 13.8. The number of fused-ring (bicyclic) bond motifs is 1. The maximum absolute atomic E-state index is 12.8. The van der Waals surface area contributed by atoms with E-state index >= 15 is 0 Å². The van der Waals surface area contributed by atoms with Crippen molar-refractivity contribution in [2.75, 3.05) is 31.1 Å². The number of benzene rings is 2. The van der Waals surface area contributed by atoms with Gasteiger partial charge in [0.15, 0.2) is 0 Å². The van der Waals surface area contributed by atoms with Gasteiger partial charge in [-0.2, -0.15) is 0 Å².